The summed E-state index contributed by atoms with van der Waals surface area (Å²) in [5, 5.41) is 2.67. The van der Waals surface area contributed by atoms with Crippen molar-refractivity contribution in [2.45, 2.75) is 4.90 Å². The Morgan fingerprint density at radius 1 is 1.11 bits per heavy atom. The number of hydrogen-bond acceptors (Lipinski definition) is 5. The molecule has 0 fully saturated rings. The highest BCUT2D eigenvalue weighted by molar-refractivity contribution is 7.89. The molecule has 2 amide bonds. The molecule has 0 radical (unpaired) electrons. The minimum Gasteiger partial charge on any atom is -0.484 e. The fourth-order valence-electron chi connectivity index (χ4n) is 2.07. The minimum absolute atomic E-state index is 0.0136. The van der Waals surface area contributed by atoms with Crippen molar-refractivity contribution in [2.75, 3.05) is 33.1 Å². The number of nitrogens with one attached hydrogen (secondary N) is 2. The summed E-state index contributed by atoms with van der Waals surface area (Å²) in [6, 6.07) is 10.4. The number of amides is 2. The third kappa shape index (κ3) is 5.44. The average molecular weight is 426 g/mol. The Labute approximate surface area is 168 Å². The Hall–Kier alpha value is -2.62. The van der Waals surface area contributed by atoms with Gasteiger partial charge in [0.05, 0.1) is 5.02 Å². The van der Waals surface area contributed by atoms with Crippen molar-refractivity contribution in [1.82, 2.24) is 9.62 Å². The molecular weight excluding hydrogens is 406 g/mol. The molecule has 2 aromatic rings. The number of ether oxygens (including phenoxy) is 1. The van der Waals surface area contributed by atoms with Crippen molar-refractivity contribution in [3.8, 4) is 5.75 Å². The van der Waals surface area contributed by atoms with Crippen molar-refractivity contribution in [1.29, 1.82) is 0 Å². The van der Waals surface area contributed by atoms with Crippen LogP contribution in [0.4, 0.5) is 5.69 Å². The number of sulfonamides is 1. The number of nitrogens with zero attached hydrogens (tertiary/aromatic N) is 1. The maximum absolute atomic E-state index is 12.4. The van der Waals surface area contributed by atoms with E-state index >= 15 is 0 Å². The smallest absolute Gasteiger partial charge is 0.259 e. The predicted octanol–water partition coefficient (Wildman–Crippen LogP) is 1.97. The van der Waals surface area contributed by atoms with E-state index in [4.69, 9.17) is 16.3 Å². The first kappa shape index (κ1) is 21.7. The van der Waals surface area contributed by atoms with Crippen LogP contribution in [0.15, 0.2) is 47.4 Å². The Morgan fingerprint density at radius 3 is 2.32 bits per heavy atom. The van der Waals surface area contributed by atoms with Gasteiger partial charge in [0.15, 0.2) is 6.61 Å². The van der Waals surface area contributed by atoms with Crippen LogP contribution in [0, 0.1) is 0 Å². The van der Waals surface area contributed by atoms with E-state index in [1.54, 1.807) is 38.4 Å². The first-order chi connectivity index (χ1) is 13.1. The van der Waals surface area contributed by atoms with Crippen LogP contribution in [-0.2, 0) is 14.8 Å². The van der Waals surface area contributed by atoms with E-state index < -0.39 is 15.9 Å². The van der Waals surface area contributed by atoms with Gasteiger partial charge in [0, 0.05) is 25.3 Å². The van der Waals surface area contributed by atoms with E-state index in [9.17, 15) is 18.0 Å². The van der Waals surface area contributed by atoms with Crippen LogP contribution in [0.1, 0.15) is 10.4 Å². The van der Waals surface area contributed by atoms with Crippen molar-refractivity contribution < 1.29 is 22.7 Å². The highest BCUT2D eigenvalue weighted by Gasteiger charge is 2.18. The van der Waals surface area contributed by atoms with Crippen LogP contribution in [0.25, 0.3) is 0 Å². The summed E-state index contributed by atoms with van der Waals surface area (Å²) in [6.45, 7) is -0.0911. The van der Waals surface area contributed by atoms with E-state index in [1.807, 2.05) is 0 Å². The van der Waals surface area contributed by atoms with Crippen molar-refractivity contribution in [3.05, 3.63) is 53.1 Å². The van der Waals surface area contributed by atoms with Gasteiger partial charge in [-0.15, -0.1) is 0 Å². The topological polar surface area (TPSA) is 105 Å². The van der Waals surface area contributed by atoms with Crippen LogP contribution in [0.3, 0.4) is 0 Å². The number of halogens is 1. The molecule has 0 unspecified atom stereocenters. The summed E-state index contributed by atoms with van der Waals surface area (Å²) in [5.41, 5.74) is 0.611. The van der Waals surface area contributed by atoms with E-state index in [0.717, 1.165) is 0 Å². The molecular formula is C18H20ClN3O5S. The van der Waals surface area contributed by atoms with Crippen molar-refractivity contribution in [2.24, 2.45) is 0 Å². The number of hydrogen-bond donors (Lipinski definition) is 2. The number of likely N-dealkylation sites (N-methyl/N-ethyl adjacent to an activating group) is 1. The fraction of sp³-hybridized carbons (Fsp3) is 0.222. The van der Waals surface area contributed by atoms with Gasteiger partial charge < -0.3 is 15.0 Å². The van der Waals surface area contributed by atoms with E-state index in [1.165, 1.54) is 30.1 Å². The molecule has 28 heavy (non-hydrogen) atoms. The van der Waals surface area contributed by atoms with Gasteiger partial charge in [-0.3, -0.25) is 9.59 Å². The molecule has 0 atom stereocenters. The molecule has 0 aliphatic carbocycles. The zero-order chi connectivity index (χ0) is 20.9. The lowest BCUT2D eigenvalue weighted by atomic mass is 10.2. The molecule has 150 valence electrons. The van der Waals surface area contributed by atoms with Gasteiger partial charge in [-0.05, 0) is 49.5 Å². The molecule has 0 spiro atoms. The summed E-state index contributed by atoms with van der Waals surface area (Å²) >= 11 is 5.92. The number of anilines is 1. The van der Waals surface area contributed by atoms with E-state index in [-0.39, 0.29) is 28.0 Å². The van der Waals surface area contributed by atoms with Gasteiger partial charge in [0.25, 0.3) is 11.8 Å². The molecule has 0 heterocycles. The lowest BCUT2D eigenvalue weighted by Crippen LogP contribution is -2.27. The van der Waals surface area contributed by atoms with Gasteiger partial charge in [-0.25, -0.2) is 13.1 Å². The second-order valence-electron chi connectivity index (χ2n) is 5.91. The Morgan fingerprint density at radius 2 is 1.75 bits per heavy atom. The molecule has 0 aliphatic rings. The van der Waals surface area contributed by atoms with Gasteiger partial charge in [0.1, 0.15) is 10.6 Å². The van der Waals surface area contributed by atoms with Gasteiger partial charge >= 0.3 is 0 Å². The third-order valence-corrected chi connectivity index (χ3v) is 5.62. The Bertz CT molecular complexity index is 975. The molecule has 2 aromatic carbocycles. The van der Waals surface area contributed by atoms with Crippen LogP contribution < -0.4 is 14.8 Å². The second-order valence-corrected chi connectivity index (χ2v) is 8.17. The number of benzene rings is 2. The predicted molar refractivity (Wildman–Crippen MR) is 106 cm³/mol. The highest BCUT2D eigenvalue weighted by Crippen LogP contribution is 2.23. The molecule has 10 heteroatoms. The maximum Gasteiger partial charge on any atom is 0.259 e. The molecule has 0 saturated heterocycles. The SMILES string of the molecule is CNS(=O)(=O)c1cc(C(=O)Nc2ccc(OCC(=O)N(C)C)cc2)ccc1Cl. The molecule has 0 aromatic heterocycles. The molecule has 2 N–H and O–H groups in total. The lowest BCUT2D eigenvalue weighted by molar-refractivity contribution is -0.130. The Balaban J connectivity index is 2.09. The van der Waals surface area contributed by atoms with E-state index in [2.05, 4.69) is 10.0 Å². The van der Waals surface area contributed by atoms with Gasteiger partial charge in [0.2, 0.25) is 10.0 Å². The summed E-state index contributed by atoms with van der Waals surface area (Å²) in [4.78, 5) is 25.2. The quantitative estimate of drug-likeness (QED) is 0.705. The van der Waals surface area contributed by atoms with Gasteiger partial charge in [-0.1, -0.05) is 11.6 Å². The molecule has 8 nitrogen and oxygen atoms in total. The number of rotatable bonds is 7. The summed E-state index contributed by atoms with van der Waals surface area (Å²) in [6.07, 6.45) is 0. The summed E-state index contributed by atoms with van der Waals surface area (Å²) in [5.74, 6) is -0.199. The monoisotopic (exact) mass is 425 g/mol. The van der Waals surface area contributed by atoms with Crippen LogP contribution >= 0.6 is 11.6 Å². The molecule has 0 saturated carbocycles. The summed E-state index contributed by atoms with van der Waals surface area (Å²) in [7, 11) is 0.732. The highest BCUT2D eigenvalue weighted by atomic mass is 35.5. The number of carbonyl (C=O) groups excluding carboxylic acids is 2. The van der Waals surface area contributed by atoms with E-state index in [0.29, 0.717) is 11.4 Å². The molecule has 0 bridgehead atoms. The largest absolute Gasteiger partial charge is 0.484 e. The zero-order valence-corrected chi connectivity index (χ0v) is 17.1. The lowest BCUT2D eigenvalue weighted by Gasteiger charge is -2.12. The summed E-state index contributed by atoms with van der Waals surface area (Å²) < 4.78 is 31.5. The zero-order valence-electron chi connectivity index (χ0n) is 15.5. The van der Waals surface area contributed by atoms with Crippen molar-refractivity contribution in [3.63, 3.8) is 0 Å². The minimum atomic E-state index is -3.79. The number of carbonyl (C=O) groups is 2. The normalized spacial score (nSPS) is 11.0. The Kier molecular flexibility index (Phi) is 7.00. The maximum atomic E-state index is 12.4. The fourth-order valence-corrected chi connectivity index (χ4v) is 3.32. The third-order valence-electron chi connectivity index (χ3n) is 3.72. The van der Waals surface area contributed by atoms with Crippen LogP contribution in [-0.4, -0.2) is 52.9 Å². The van der Waals surface area contributed by atoms with Crippen LogP contribution in [0.5, 0.6) is 5.75 Å². The first-order valence-electron chi connectivity index (χ1n) is 8.11. The average Bonchev–Trinajstić information content (AvgIpc) is 2.67. The van der Waals surface area contributed by atoms with Gasteiger partial charge in [-0.2, -0.15) is 0 Å². The van der Waals surface area contributed by atoms with Crippen molar-refractivity contribution >= 4 is 39.1 Å². The standard InChI is InChI=1S/C18H20ClN3O5S/c1-20-28(25,26)16-10-12(4-9-15(16)19)18(24)21-13-5-7-14(8-6-13)27-11-17(23)22(2)3/h4-10,20H,11H2,1-3H3,(H,21,24). The molecule has 2 rings (SSSR count). The molecule has 0 aliphatic heterocycles. The first-order valence-corrected chi connectivity index (χ1v) is 9.97. The van der Waals surface area contributed by atoms with Crippen LogP contribution in [0.2, 0.25) is 5.02 Å². The second kappa shape index (κ2) is 9.05.